The van der Waals surface area contributed by atoms with Crippen molar-refractivity contribution < 1.29 is 0 Å². The van der Waals surface area contributed by atoms with E-state index in [9.17, 15) is 0 Å². The minimum absolute atomic E-state index is 0.579. The van der Waals surface area contributed by atoms with E-state index in [1.807, 2.05) is 30.3 Å². The molecule has 82 valence electrons. The number of nitrogens with two attached hydrogens (primary N) is 1. The van der Waals surface area contributed by atoms with E-state index in [2.05, 4.69) is 5.32 Å². The predicted octanol–water partition coefficient (Wildman–Crippen LogP) is 4.32. The summed E-state index contributed by atoms with van der Waals surface area (Å²) in [5, 5.41) is 4.36. The molecule has 2 aromatic carbocycles. The topological polar surface area (TPSA) is 38.0 Å². The van der Waals surface area contributed by atoms with Crippen LogP contribution in [0, 0.1) is 0 Å². The molecule has 3 N–H and O–H groups in total. The lowest BCUT2D eigenvalue weighted by molar-refractivity contribution is 1.55. The highest BCUT2D eigenvalue weighted by Gasteiger charge is 2.01. The van der Waals surface area contributed by atoms with Crippen LogP contribution < -0.4 is 11.1 Å². The number of benzene rings is 2. The van der Waals surface area contributed by atoms with Crippen LogP contribution in [0.15, 0.2) is 42.5 Å². The lowest BCUT2D eigenvalue weighted by atomic mass is 10.2. The summed E-state index contributed by atoms with van der Waals surface area (Å²) in [6, 6.07) is 12.8. The number of nitrogen functional groups attached to an aromatic ring is 1. The maximum atomic E-state index is 6.04. The van der Waals surface area contributed by atoms with Crippen LogP contribution in [0.5, 0.6) is 0 Å². The molecule has 0 fully saturated rings. The van der Waals surface area contributed by atoms with Gasteiger partial charge in [0.25, 0.3) is 0 Å². The molecule has 0 aliphatic carbocycles. The number of rotatable bonds is 2. The Balaban J connectivity index is 2.27. The highest BCUT2D eigenvalue weighted by Crippen LogP contribution is 2.28. The first-order valence-corrected chi connectivity index (χ1v) is 5.48. The molecular formula is C12H10Cl2N2. The highest BCUT2D eigenvalue weighted by molar-refractivity contribution is 6.36. The van der Waals surface area contributed by atoms with E-state index >= 15 is 0 Å². The van der Waals surface area contributed by atoms with Gasteiger partial charge in [0.2, 0.25) is 0 Å². The van der Waals surface area contributed by atoms with E-state index in [-0.39, 0.29) is 0 Å². The number of anilines is 3. The lowest BCUT2D eigenvalue weighted by Crippen LogP contribution is -1.92. The Hall–Kier alpha value is -1.38. The zero-order valence-corrected chi connectivity index (χ0v) is 9.89. The van der Waals surface area contributed by atoms with Gasteiger partial charge in [-0.25, -0.2) is 0 Å². The van der Waals surface area contributed by atoms with Gasteiger partial charge in [0.1, 0.15) is 0 Å². The quantitative estimate of drug-likeness (QED) is 0.782. The summed E-state index contributed by atoms with van der Waals surface area (Å²) in [6.07, 6.45) is 0. The molecule has 2 aromatic rings. The Morgan fingerprint density at radius 1 is 1.00 bits per heavy atom. The minimum Gasteiger partial charge on any atom is -0.399 e. The summed E-state index contributed by atoms with van der Waals surface area (Å²) in [5.41, 5.74) is 8.08. The number of halogens is 2. The highest BCUT2D eigenvalue weighted by atomic mass is 35.5. The monoisotopic (exact) mass is 252 g/mol. The van der Waals surface area contributed by atoms with Crippen LogP contribution in [0.3, 0.4) is 0 Å². The van der Waals surface area contributed by atoms with E-state index < -0.39 is 0 Å². The van der Waals surface area contributed by atoms with Crippen LogP contribution in [0.1, 0.15) is 0 Å². The van der Waals surface area contributed by atoms with Crippen molar-refractivity contribution in [2.45, 2.75) is 0 Å². The molecule has 2 rings (SSSR count). The normalized spacial score (nSPS) is 10.1. The maximum absolute atomic E-state index is 6.04. The van der Waals surface area contributed by atoms with Gasteiger partial charge in [0, 0.05) is 16.4 Å². The average Bonchev–Trinajstić information content (AvgIpc) is 2.22. The molecule has 0 aliphatic heterocycles. The summed E-state index contributed by atoms with van der Waals surface area (Å²) < 4.78 is 0. The largest absolute Gasteiger partial charge is 0.399 e. The fourth-order valence-corrected chi connectivity index (χ4v) is 1.82. The Bertz CT molecular complexity index is 512. The number of hydrogen-bond acceptors (Lipinski definition) is 2. The second kappa shape index (κ2) is 4.64. The Kier molecular flexibility index (Phi) is 3.22. The molecule has 0 spiro atoms. The molecule has 4 heteroatoms. The van der Waals surface area contributed by atoms with Gasteiger partial charge in [-0.1, -0.05) is 29.3 Å². The Labute approximate surface area is 104 Å². The molecule has 0 unspecified atom stereocenters. The minimum atomic E-state index is 0.579. The van der Waals surface area contributed by atoms with Gasteiger partial charge in [-0.2, -0.15) is 0 Å². The van der Waals surface area contributed by atoms with Crippen molar-refractivity contribution in [3.63, 3.8) is 0 Å². The summed E-state index contributed by atoms with van der Waals surface area (Å²) in [6.45, 7) is 0. The standard InChI is InChI=1S/C12H10Cl2N2/c13-8-4-5-12(11(14)6-8)16-10-3-1-2-9(15)7-10/h1-7,16H,15H2. The first-order chi connectivity index (χ1) is 7.65. The molecule has 0 atom stereocenters. The Morgan fingerprint density at radius 3 is 2.50 bits per heavy atom. The first kappa shape index (κ1) is 11.1. The van der Waals surface area contributed by atoms with E-state index in [1.165, 1.54) is 0 Å². The molecule has 0 saturated carbocycles. The van der Waals surface area contributed by atoms with Crippen LogP contribution >= 0.6 is 23.2 Å². The first-order valence-electron chi connectivity index (χ1n) is 4.73. The van der Waals surface area contributed by atoms with E-state index in [0.29, 0.717) is 15.7 Å². The van der Waals surface area contributed by atoms with Gasteiger partial charge in [-0.05, 0) is 36.4 Å². The van der Waals surface area contributed by atoms with Crippen LogP contribution in [-0.4, -0.2) is 0 Å². The van der Waals surface area contributed by atoms with Crippen LogP contribution in [-0.2, 0) is 0 Å². The molecule has 0 bridgehead atoms. The third-order valence-corrected chi connectivity index (χ3v) is 2.64. The second-order valence-corrected chi connectivity index (χ2v) is 4.22. The van der Waals surface area contributed by atoms with Crippen molar-refractivity contribution in [1.82, 2.24) is 0 Å². The summed E-state index contributed by atoms with van der Waals surface area (Å²) in [5.74, 6) is 0. The van der Waals surface area contributed by atoms with Gasteiger partial charge in [-0.3, -0.25) is 0 Å². The summed E-state index contributed by atoms with van der Waals surface area (Å²) in [7, 11) is 0. The SMILES string of the molecule is Nc1cccc(Nc2ccc(Cl)cc2Cl)c1. The lowest BCUT2D eigenvalue weighted by Gasteiger charge is -2.09. The molecule has 0 heterocycles. The van der Waals surface area contributed by atoms with Crippen LogP contribution in [0.2, 0.25) is 10.0 Å². The molecule has 0 aliphatic rings. The molecule has 0 radical (unpaired) electrons. The van der Waals surface area contributed by atoms with Crippen molar-refractivity contribution >= 4 is 40.3 Å². The number of nitrogens with one attached hydrogen (secondary N) is 1. The molecule has 2 nitrogen and oxygen atoms in total. The average molecular weight is 253 g/mol. The predicted molar refractivity (Wildman–Crippen MR) is 70.6 cm³/mol. The molecule has 0 saturated heterocycles. The fourth-order valence-electron chi connectivity index (χ4n) is 1.36. The van der Waals surface area contributed by atoms with E-state index in [4.69, 9.17) is 28.9 Å². The molecule has 0 amide bonds. The van der Waals surface area contributed by atoms with Gasteiger partial charge in [0.15, 0.2) is 0 Å². The second-order valence-electron chi connectivity index (χ2n) is 3.37. The van der Waals surface area contributed by atoms with Crippen LogP contribution in [0.25, 0.3) is 0 Å². The van der Waals surface area contributed by atoms with Gasteiger partial charge in [0.05, 0.1) is 10.7 Å². The molecule has 16 heavy (non-hydrogen) atoms. The molecule has 0 aromatic heterocycles. The third kappa shape index (κ3) is 2.60. The van der Waals surface area contributed by atoms with Gasteiger partial charge < -0.3 is 11.1 Å². The van der Waals surface area contributed by atoms with Crippen molar-refractivity contribution in [1.29, 1.82) is 0 Å². The fraction of sp³-hybridized carbons (Fsp3) is 0. The van der Waals surface area contributed by atoms with E-state index in [0.717, 1.165) is 11.4 Å². The van der Waals surface area contributed by atoms with Gasteiger partial charge in [-0.15, -0.1) is 0 Å². The van der Waals surface area contributed by atoms with Gasteiger partial charge >= 0.3 is 0 Å². The van der Waals surface area contributed by atoms with Crippen molar-refractivity contribution in [2.24, 2.45) is 0 Å². The zero-order valence-electron chi connectivity index (χ0n) is 8.37. The smallest absolute Gasteiger partial charge is 0.0655 e. The van der Waals surface area contributed by atoms with Crippen molar-refractivity contribution in [2.75, 3.05) is 11.1 Å². The van der Waals surface area contributed by atoms with Crippen molar-refractivity contribution in [3.05, 3.63) is 52.5 Å². The number of hydrogen-bond donors (Lipinski definition) is 2. The Morgan fingerprint density at radius 2 is 1.81 bits per heavy atom. The third-order valence-electron chi connectivity index (χ3n) is 2.10. The summed E-state index contributed by atoms with van der Waals surface area (Å²) in [4.78, 5) is 0. The van der Waals surface area contributed by atoms with Crippen LogP contribution in [0.4, 0.5) is 17.1 Å². The zero-order chi connectivity index (χ0) is 11.5. The van der Waals surface area contributed by atoms with Crippen molar-refractivity contribution in [3.8, 4) is 0 Å². The van der Waals surface area contributed by atoms with E-state index in [1.54, 1.807) is 12.1 Å². The summed E-state index contributed by atoms with van der Waals surface area (Å²) >= 11 is 11.9. The maximum Gasteiger partial charge on any atom is 0.0655 e. The molecular weight excluding hydrogens is 243 g/mol.